The molecule has 0 aliphatic carbocycles. The number of carbonyl (C=O) groups excluding carboxylic acids is 1. The van der Waals surface area contributed by atoms with E-state index in [1.807, 2.05) is 0 Å². The highest BCUT2D eigenvalue weighted by molar-refractivity contribution is 7.58. The van der Waals surface area contributed by atoms with Crippen molar-refractivity contribution in [3.63, 3.8) is 0 Å². The quantitative estimate of drug-likeness (QED) is 0.561. The lowest BCUT2D eigenvalue weighted by molar-refractivity contribution is -0.255. The van der Waals surface area contributed by atoms with Crippen LogP contribution in [0, 0.1) is 5.82 Å². The van der Waals surface area contributed by atoms with Gasteiger partial charge in [0.05, 0.1) is 5.97 Å². The van der Waals surface area contributed by atoms with Gasteiger partial charge < -0.3 is 22.5 Å². The first-order valence-corrected chi connectivity index (χ1v) is 3.20. The summed E-state index contributed by atoms with van der Waals surface area (Å²) in [5.41, 5.74) is -0.278. The van der Waals surface area contributed by atoms with Gasteiger partial charge in [0.25, 0.3) is 0 Å². The topological polar surface area (TPSA) is 40.1 Å². The van der Waals surface area contributed by atoms with Gasteiger partial charge in [-0.3, -0.25) is 0 Å². The summed E-state index contributed by atoms with van der Waals surface area (Å²) in [6.07, 6.45) is 0. The maximum absolute atomic E-state index is 12.4. The van der Waals surface area contributed by atoms with Crippen LogP contribution >= 0.6 is 0 Å². The van der Waals surface area contributed by atoms with Gasteiger partial charge in [-0.25, -0.2) is 4.39 Å². The van der Waals surface area contributed by atoms with Crippen molar-refractivity contribution in [2.75, 3.05) is 0 Å². The molecule has 1 aromatic carbocycles. The molecular formula is C7H3FO2S-2. The van der Waals surface area contributed by atoms with Crippen LogP contribution in [0.4, 0.5) is 4.39 Å². The molecule has 0 heterocycles. The SMILES string of the molecule is O=C([O-])c1cc(F)ccc1[S-]. The summed E-state index contributed by atoms with van der Waals surface area (Å²) >= 11 is 4.60. The maximum Gasteiger partial charge on any atom is 0.123 e. The summed E-state index contributed by atoms with van der Waals surface area (Å²) in [5.74, 6) is -2.08. The Kier molecular flexibility index (Phi) is 2.05. The predicted octanol–water partition coefficient (Wildman–Crippen LogP) is 0.0950. The molecule has 1 rings (SSSR count). The molecule has 0 amide bonds. The number of rotatable bonds is 1. The fraction of sp³-hybridized carbons (Fsp3) is 0. The van der Waals surface area contributed by atoms with Crippen LogP contribution in [0.5, 0.6) is 0 Å². The molecule has 0 aromatic heterocycles. The number of hydrogen-bond acceptors (Lipinski definition) is 3. The van der Waals surface area contributed by atoms with E-state index in [9.17, 15) is 14.3 Å². The molecule has 0 N–H and O–H groups in total. The van der Waals surface area contributed by atoms with Gasteiger partial charge in [-0.2, -0.15) is 4.90 Å². The van der Waals surface area contributed by atoms with Gasteiger partial charge in [0.15, 0.2) is 0 Å². The number of benzene rings is 1. The third-order valence-corrected chi connectivity index (χ3v) is 1.52. The van der Waals surface area contributed by atoms with E-state index in [1.54, 1.807) is 0 Å². The van der Waals surface area contributed by atoms with Crippen LogP contribution in [0.1, 0.15) is 10.4 Å². The van der Waals surface area contributed by atoms with Crippen LogP contribution in [0.3, 0.4) is 0 Å². The Morgan fingerprint density at radius 3 is 2.64 bits per heavy atom. The second-order valence-electron chi connectivity index (χ2n) is 1.93. The fourth-order valence-electron chi connectivity index (χ4n) is 0.662. The van der Waals surface area contributed by atoms with Gasteiger partial charge in [-0.05, 0) is 17.7 Å². The number of carboxylic acids is 1. The van der Waals surface area contributed by atoms with E-state index in [0.717, 1.165) is 12.1 Å². The largest absolute Gasteiger partial charge is 0.779 e. The molecule has 0 radical (unpaired) electrons. The van der Waals surface area contributed by atoms with Crippen LogP contribution in [0.2, 0.25) is 0 Å². The molecule has 1 aromatic rings. The van der Waals surface area contributed by atoms with Crippen molar-refractivity contribution in [3.8, 4) is 0 Å². The van der Waals surface area contributed by atoms with Gasteiger partial charge in [0.2, 0.25) is 0 Å². The Bertz CT molecular complexity index is 298. The molecule has 0 saturated heterocycles. The first-order chi connectivity index (χ1) is 5.11. The Labute approximate surface area is 68.1 Å². The van der Waals surface area contributed by atoms with Gasteiger partial charge >= 0.3 is 0 Å². The predicted molar refractivity (Wildman–Crippen MR) is 36.4 cm³/mol. The Morgan fingerprint density at radius 2 is 2.18 bits per heavy atom. The molecule has 2 nitrogen and oxygen atoms in total. The van der Waals surface area contributed by atoms with E-state index in [4.69, 9.17) is 0 Å². The average Bonchev–Trinajstić information content (AvgIpc) is 1.94. The summed E-state index contributed by atoms with van der Waals surface area (Å²) in [6, 6.07) is 3.17. The molecule has 0 unspecified atom stereocenters. The fourth-order valence-corrected chi connectivity index (χ4v) is 0.872. The number of aromatic carboxylic acids is 1. The van der Waals surface area contributed by atoms with Gasteiger partial charge in [0, 0.05) is 0 Å². The summed E-state index contributed by atoms with van der Waals surface area (Å²) < 4.78 is 12.4. The van der Waals surface area contributed by atoms with Gasteiger partial charge in [-0.1, -0.05) is 6.07 Å². The lowest BCUT2D eigenvalue weighted by atomic mass is 10.2. The van der Waals surface area contributed by atoms with Crippen molar-refractivity contribution < 1.29 is 14.3 Å². The molecule has 0 saturated carbocycles. The lowest BCUT2D eigenvalue weighted by Crippen LogP contribution is -2.23. The highest BCUT2D eigenvalue weighted by atomic mass is 32.1. The highest BCUT2D eigenvalue weighted by Gasteiger charge is 1.95. The van der Waals surface area contributed by atoms with E-state index < -0.39 is 11.8 Å². The second-order valence-corrected chi connectivity index (χ2v) is 2.37. The number of carboxylic acid groups (broad SMARTS) is 1. The molecule has 11 heavy (non-hydrogen) atoms. The minimum Gasteiger partial charge on any atom is -0.779 e. The van der Waals surface area contributed by atoms with Crippen molar-refractivity contribution in [2.24, 2.45) is 0 Å². The normalized spacial score (nSPS) is 9.55. The van der Waals surface area contributed by atoms with Crippen LogP contribution in [0.25, 0.3) is 0 Å². The van der Waals surface area contributed by atoms with Gasteiger partial charge in [-0.15, -0.1) is 0 Å². The summed E-state index contributed by atoms with van der Waals surface area (Å²) in [5, 5.41) is 10.2. The summed E-state index contributed by atoms with van der Waals surface area (Å²) in [7, 11) is 0. The number of carbonyl (C=O) groups is 1. The minimum absolute atomic E-state index is 0.0893. The molecular weight excluding hydrogens is 167 g/mol. The Hall–Kier alpha value is -1.16. The van der Waals surface area contributed by atoms with Crippen molar-refractivity contribution in [1.29, 1.82) is 0 Å². The molecule has 4 heteroatoms. The van der Waals surface area contributed by atoms with E-state index in [0.29, 0.717) is 0 Å². The zero-order valence-electron chi connectivity index (χ0n) is 5.33. The van der Waals surface area contributed by atoms with Crippen LogP contribution in [0.15, 0.2) is 23.1 Å². The first-order valence-electron chi connectivity index (χ1n) is 2.79. The number of halogens is 1. The van der Waals surface area contributed by atoms with E-state index in [-0.39, 0.29) is 10.5 Å². The van der Waals surface area contributed by atoms with Crippen molar-refractivity contribution >= 4 is 18.6 Å². The first kappa shape index (κ1) is 7.94. The molecule has 0 bridgehead atoms. The molecule has 0 atom stereocenters. The number of hydrogen-bond donors (Lipinski definition) is 0. The molecule has 0 fully saturated rings. The van der Waals surface area contributed by atoms with Crippen LogP contribution in [-0.4, -0.2) is 5.97 Å². The zero-order chi connectivity index (χ0) is 8.43. The van der Waals surface area contributed by atoms with E-state index in [1.165, 1.54) is 6.07 Å². The summed E-state index contributed by atoms with van der Waals surface area (Å²) in [4.78, 5) is 10.3. The lowest BCUT2D eigenvalue weighted by Gasteiger charge is -2.13. The van der Waals surface area contributed by atoms with Crippen molar-refractivity contribution in [3.05, 3.63) is 29.6 Å². The molecule has 0 aliphatic rings. The van der Waals surface area contributed by atoms with Crippen molar-refractivity contribution in [1.82, 2.24) is 0 Å². The van der Waals surface area contributed by atoms with Crippen molar-refractivity contribution in [2.45, 2.75) is 4.90 Å². The van der Waals surface area contributed by atoms with Crippen LogP contribution in [-0.2, 0) is 12.6 Å². The zero-order valence-corrected chi connectivity index (χ0v) is 6.15. The van der Waals surface area contributed by atoms with Gasteiger partial charge in [0.1, 0.15) is 5.82 Å². The maximum atomic E-state index is 12.4. The van der Waals surface area contributed by atoms with E-state index >= 15 is 0 Å². The smallest absolute Gasteiger partial charge is 0.123 e. The second kappa shape index (κ2) is 2.84. The monoisotopic (exact) mass is 170 g/mol. The Balaban J connectivity index is 3.23. The molecule has 0 spiro atoms. The third-order valence-electron chi connectivity index (χ3n) is 1.16. The third kappa shape index (κ3) is 1.65. The standard InChI is InChI=1S/C7H5FO2S/c8-4-1-2-6(11)5(3-4)7(9)10/h1-3,11H,(H,9,10)/p-2. The molecule has 58 valence electrons. The average molecular weight is 170 g/mol. The summed E-state index contributed by atoms with van der Waals surface area (Å²) in [6.45, 7) is 0. The van der Waals surface area contributed by atoms with Crippen LogP contribution < -0.4 is 5.11 Å². The van der Waals surface area contributed by atoms with E-state index in [2.05, 4.69) is 12.6 Å². The molecule has 0 aliphatic heterocycles. The highest BCUT2D eigenvalue weighted by Crippen LogP contribution is 2.08. The minimum atomic E-state index is -1.45. The Morgan fingerprint density at radius 1 is 1.55 bits per heavy atom.